The van der Waals surface area contributed by atoms with Crippen molar-refractivity contribution in [3.63, 3.8) is 0 Å². The lowest BCUT2D eigenvalue weighted by atomic mass is 10.2. The van der Waals surface area contributed by atoms with Gasteiger partial charge >= 0.3 is 0 Å². The zero-order valence-electron chi connectivity index (χ0n) is 12.9. The van der Waals surface area contributed by atoms with Crippen LogP contribution in [0.1, 0.15) is 30.1 Å². The van der Waals surface area contributed by atoms with E-state index in [-0.39, 0.29) is 4.90 Å². The van der Waals surface area contributed by atoms with Crippen LogP contribution >= 0.6 is 0 Å². The number of para-hydroxylation sites is 1. The first-order chi connectivity index (χ1) is 11.1. The summed E-state index contributed by atoms with van der Waals surface area (Å²) in [6.07, 6.45) is 2.53. The fourth-order valence-corrected chi connectivity index (χ4v) is 3.16. The molecule has 2 aromatic rings. The maximum absolute atomic E-state index is 12.5. The molecule has 0 saturated carbocycles. The van der Waals surface area contributed by atoms with Crippen LogP contribution in [0.4, 0.5) is 5.69 Å². The molecule has 0 aromatic heterocycles. The highest BCUT2D eigenvalue weighted by Crippen LogP contribution is 2.26. The van der Waals surface area contributed by atoms with Gasteiger partial charge in [0, 0.05) is 11.3 Å². The lowest BCUT2D eigenvalue weighted by molar-refractivity contribution is 0.112. The van der Waals surface area contributed by atoms with Crippen LogP contribution in [0.3, 0.4) is 0 Å². The van der Waals surface area contributed by atoms with Gasteiger partial charge < -0.3 is 4.74 Å². The molecule has 0 bridgehead atoms. The van der Waals surface area contributed by atoms with Crippen LogP contribution in [0.2, 0.25) is 0 Å². The molecule has 0 unspecified atom stereocenters. The first-order valence-electron chi connectivity index (χ1n) is 7.36. The second kappa shape index (κ2) is 7.78. The second-order valence-corrected chi connectivity index (χ2v) is 6.64. The smallest absolute Gasteiger partial charge is 0.265 e. The average Bonchev–Trinajstić information content (AvgIpc) is 2.56. The third kappa shape index (κ3) is 4.56. The number of benzene rings is 2. The molecule has 0 aliphatic rings. The number of carbonyl (C=O) groups excluding carboxylic acids is 1. The van der Waals surface area contributed by atoms with Crippen molar-refractivity contribution in [3.8, 4) is 5.75 Å². The van der Waals surface area contributed by atoms with E-state index in [1.54, 1.807) is 42.5 Å². The molecule has 23 heavy (non-hydrogen) atoms. The van der Waals surface area contributed by atoms with Crippen LogP contribution in [-0.4, -0.2) is 21.3 Å². The first kappa shape index (κ1) is 17.0. The largest absolute Gasteiger partial charge is 0.492 e. The molecule has 2 rings (SSSR count). The van der Waals surface area contributed by atoms with Gasteiger partial charge in [0.05, 0.1) is 6.61 Å². The third-order valence-corrected chi connectivity index (χ3v) is 4.61. The topological polar surface area (TPSA) is 72.5 Å². The Kier molecular flexibility index (Phi) is 5.76. The van der Waals surface area contributed by atoms with Gasteiger partial charge in [0.2, 0.25) is 0 Å². The normalized spacial score (nSPS) is 11.0. The number of sulfonamides is 1. The Balaban J connectivity index is 2.22. The summed E-state index contributed by atoms with van der Waals surface area (Å²) in [5, 5.41) is 0. The molecule has 2 aromatic carbocycles. The number of rotatable bonds is 8. The Hall–Kier alpha value is -2.34. The summed E-state index contributed by atoms with van der Waals surface area (Å²) in [4.78, 5) is 10.7. The van der Waals surface area contributed by atoms with Crippen molar-refractivity contribution in [1.82, 2.24) is 0 Å². The summed E-state index contributed by atoms with van der Waals surface area (Å²) < 4.78 is 33.2. The molecule has 0 aliphatic heterocycles. The summed E-state index contributed by atoms with van der Waals surface area (Å²) in [6.45, 7) is 2.51. The molecule has 5 nitrogen and oxygen atoms in total. The Morgan fingerprint density at radius 2 is 1.78 bits per heavy atom. The minimum absolute atomic E-state index is 0.0931. The highest BCUT2D eigenvalue weighted by atomic mass is 32.2. The molecule has 0 heterocycles. The van der Waals surface area contributed by atoms with Crippen LogP contribution in [0, 0.1) is 0 Å². The van der Waals surface area contributed by atoms with E-state index < -0.39 is 10.0 Å². The first-order valence-corrected chi connectivity index (χ1v) is 8.85. The van der Waals surface area contributed by atoms with Gasteiger partial charge in [0.1, 0.15) is 16.9 Å². The minimum Gasteiger partial charge on any atom is -0.492 e. The molecule has 0 amide bonds. The number of ether oxygens (including phenoxy) is 1. The molecule has 122 valence electrons. The van der Waals surface area contributed by atoms with Gasteiger partial charge in [-0.3, -0.25) is 9.52 Å². The van der Waals surface area contributed by atoms with Gasteiger partial charge in [0.25, 0.3) is 10.0 Å². The highest BCUT2D eigenvalue weighted by molar-refractivity contribution is 7.92. The fourth-order valence-electron chi connectivity index (χ4n) is 1.96. The minimum atomic E-state index is -3.76. The van der Waals surface area contributed by atoms with Crippen molar-refractivity contribution in [1.29, 1.82) is 0 Å². The van der Waals surface area contributed by atoms with E-state index in [4.69, 9.17) is 4.74 Å². The lowest BCUT2D eigenvalue weighted by Gasteiger charge is -2.13. The Morgan fingerprint density at radius 3 is 2.43 bits per heavy atom. The molecule has 0 radical (unpaired) electrons. The zero-order valence-corrected chi connectivity index (χ0v) is 13.7. The van der Waals surface area contributed by atoms with Crippen molar-refractivity contribution < 1.29 is 17.9 Å². The van der Waals surface area contributed by atoms with E-state index in [0.29, 0.717) is 29.9 Å². The summed E-state index contributed by atoms with van der Waals surface area (Å²) in [7, 11) is -3.76. The van der Waals surface area contributed by atoms with Gasteiger partial charge in [-0.25, -0.2) is 8.42 Å². The van der Waals surface area contributed by atoms with Crippen LogP contribution in [-0.2, 0) is 10.0 Å². The highest BCUT2D eigenvalue weighted by Gasteiger charge is 2.19. The summed E-state index contributed by atoms with van der Waals surface area (Å²) in [5.41, 5.74) is 0.871. The van der Waals surface area contributed by atoms with E-state index in [1.165, 1.54) is 6.07 Å². The number of hydrogen-bond acceptors (Lipinski definition) is 4. The zero-order chi connectivity index (χ0) is 16.7. The van der Waals surface area contributed by atoms with Crippen molar-refractivity contribution in [2.75, 3.05) is 11.3 Å². The molecule has 0 saturated heterocycles. The average molecular weight is 333 g/mol. The number of carbonyl (C=O) groups is 1. The molecular weight excluding hydrogens is 314 g/mol. The van der Waals surface area contributed by atoms with E-state index in [2.05, 4.69) is 4.72 Å². The molecule has 1 N–H and O–H groups in total. The van der Waals surface area contributed by atoms with Crippen LogP contribution in [0.15, 0.2) is 53.4 Å². The van der Waals surface area contributed by atoms with Crippen molar-refractivity contribution >= 4 is 22.0 Å². The van der Waals surface area contributed by atoms with Gasteiger partial charge in [-0.05, 0) is 42.8 Å². The Morgan fingerprint density at radius 1 is 1.09 bits per heavy atom. The molecular formula is C17H19NO4S. The molecule has 0 spiro atoms. The lowest BCUT2D eigenvalue weighted by Crippen LogP contribution is -2.14. The second-order valence-electron chi connectivity index (χ2n) is 4.99. The molecule has 6 heteroatoms. The molecule has 0 aliphatic carbocycles. The van der Waals surface area contributed by atoms with Gasteiger partial charge in [0.15, 0.2) is 0 Å². The van der Waals surface area contributed by atoms with E-state index >= 15 is 0 Å². The Labute approximate surface area is 136 Å². The van der Waals surface area contributed by atoms with Gasteiger partial charge in [-0.1, -0.05) is 25.5 Å². The van der Waals surface area contributed by atoms with E-state index in [9.17, 15) is 13.2 Å². The number of nitrogens with one attached hydrogen (secondary N) is 1. The number of unbranched alkanes of at least 4 members (excludes halogenated alkanes) is 1. The van der Waals surface area contributed by atoms with Crippen molar-refractivity contribution in [3.05, 3.63) is 54.1 Å². The maximum atomic E-state index is 12.5. The standard InChI is InChI=1S/C17H19NO4S/c1-2-3-12-22-16-6-4-5-7-17(16)23(20,21)18-15-10-8-14(13-19)9-11-15/h4-11,13,18H,2-3,12H2,1H3. The predicted molar refractivity (Wildman–Crippen MR) is 89.5 cm³/mol. The molecule has 0 fully saturated rings. The monoisotopic (exact) mass is 333 g/mol. The Bertz CT molecular complexity index is 754. The van der Waals surface area contributed by atoms with Gasteiger partial charge in [-0.2, -0.15) is 0 Å². The van der Waals surface area contributed by atoms with E-state index in [1.807, 2.05) is 6.92 Å². The molecule has 0 atom stereocenters. The van der Waals surface area contributed by atoms with Gasteiger partial charge in [-0.15, -0.1) is 0 Å². The number of hydrogen-bond donors (Lipinski definition) is 1. The summed E-state index contributed by atoms with van der Waals surface area (Å²) in [5.74, 6) is 0.331. The summed E-state index contributed by atoms with van der Waals surface area (Å²) in [6, 6.07) is 12.7. The van der Waals surface area contributed by atoms with Crippen LogP contribution in [0.5, 0.6) is 5.75 Å². The quantitative estimate of drug-likeness (QED) is 0.593. The van der Waals surface area contributed by atoms with E-state index in [0.717, 1.165) is 12.8 Å². The summed E-state index contributed by atoms with van der Waals surface area (Å²) >= 11 is 0. The van der Waals surface area contributed by atoms with Crippen LogP contribution in [0.25, 0.3) is 0 Å². The van der Waals surface area contributed by atoms with Crippen LogP contribution < -0.4 is 9.46 Å². The third-order valence-electron chi connectivity index (χ3n) is 3.19. The fraction of sp³-hybridized carbons (Fsp3) is 0.235. The van der Waals surface area contributed by atoms with Crippen molar-refractivity contribution in [2.24, 2.45) is 0 Å². The number of anilines is 1. The maximum Gasteiger partial charge on any atom is 0.265 e. The SMILES string of the molecule is CCCCOc1ccccc1S(=O)(=O)Nc1ccc(C=O)cc1. The number of aldehydes is 1. The predicted octanol–water partition coefficient (Wildman–Crippen LogP) is 3.48. The van der Waals surface area contributed by atoms with Crippen molar-refractivity contribution in [2.45, 2.75) is 24.7 Å².